The fraction of sp³-hybridized carbons (Fsp3) is 0.571. The van der Waals surface area contributed by atoms with E-state index in [0.717, 1.165) is 5.56 Å². The van der Waals surface area contributed by atoms with E-state index in [1.54, 1.807) is 19.9 Å². The Hall–Kier alpha value is -2.57. The van der Waals surface area contributed by atoms with Crippen molar-refractivity contribution in [2.24, 2.45) is 5.41 Å². The first-order valence-corrected chi connectivity index (χ1v) is 12.3. The Kier molecular flexibility index (Phi) is 6.18. The number of benzene rings is 1. The first kappa shape index (κ1) is 23.6. The molecule has 2 aliphatic heterocycles. The number of hydrogen-bond donors (Lipinski definition) is 3. The summed E-state index contributed by atoms with van der Waals surface area (Å²) in [6.07, 6.45) is 1.53. The van der Waals surface area contributed by atoms with E-state index >= 15 is 0 Å². The number of rotatable bonds is 6. The lowest BCUT2D eigenvalue weighted by atomic mass is 9.78. The summed E-state index contributed by atoms with van der Waals surface area (Å²) in [6.45, 7) is 6.19. The molecule has 1 aromatic carbocycles. The second kappa shape index (κ2) is 8.65. The van der Waals surface area contributed by atoms with E-state index in [-0.39, 0.29) is 24.9 Å². The Morgan fingerprint density at radius 2 is 1.91 bits per heavy atom. The minimum absolute atomic E-state index is 0.0253. The molecule has 0 bridgehead atoms. The van der Waals surface area contributed by atoms with E-state index in [1.807, 2.05) is 6.92 Å². The molecule has 0 unspecified atom stereocenters. The van der Waals surface area contributed by atoms with Crippen LogP contribution < -0.4 is 15.8 Å². The van der Waals surface area contributed by atoms with Crippen LogP contribution in [0.5, 0.6) is 0 Å². The first-order valence-electron chi connectivity index (χ1n) is 10.9. The molecule has 33 heavy (non-hydrogen) atoms. The summed E-state index contributed by atoms with van der Waals surface area (Å²) in [7, 11) is -4.06. The Morgan fingerprint density at radius 3 is 2.48 bits per heavy atom. The predicted octanol–water partition coefficient (Wildman–Crippen LogP) is 1.40. The Morgan fingerprint density at radius 1 is 1.21 bits per heavy atom. The lowest BCUT2D eigenvalue weighted by molar-refractivity contribution is -0.129. The Balaban J connectivity index is 1.62. The van der Waals surface area contributed by atoms with Crippen molar-refractivity contribution in [3.63, 3.8) is 0 Å². The number of carbonyl (C=O) groups is 1. The summed E-state index contributed by atoms with van der Waals surface area (Å²) in [5, 5.41) is 8.78. The van der Waals surface area contributed by atoms with Crippen LogP contribution in [0.4, 0.5) is 4.39 Å². The topological polar surface area (TPSA) is 137 Å². The van der Waals surface area contributed by atoms with Crippen molar-refractivity contribution in [2.75, 3.05) is 19.6 Å². The number of H-pyrrole nitrogens is 1. The molecule has 2 aromatic rings. The number of carbonyl (C=O) groups excluding carboxylic acids is 1. The molecule has 0 aliphatic carbocycles. The maximum absolute atomic E-state index is 14.8. The first-order chi connectivity index (χ1) is 15.5. The third-order valence-corrected chi connectivity index (χ3v) is 8.67. The van der Waals surface area contributed by atoms with Crippen LogP contribution in [-0.4, -0.2) is 48.5 Å². The maximum Gasteiger partial charge on any atom is 0.434 e. The summed E-state index contributed by atoms with van der Waals surface area (Å²) < 4.78 is 50.3. The zero-order valence-electron chi connectivity index (χ0n) is 18.8. The van der Waals surface area contributed by atoms with Crippen molar-refractivity contribution in [1.29, 1.82) is 0 Å². The monoisotopic (exact) mass is 481 g/mol. The van der Waals surface area contributed by atoms with E-state index in [0.29, 0.717) is 36.9 Å². The van der Waals surface area contributed by atoms with Gasteiger partial charge in [0.2, 0.25) is 11.8 Å². The number of amides is 1. The summed E-state index contributed by atoms with van der Waals surface area (Å²) in [5.74, 6) is -2.26. The molecule has 1 aromatic heterocycles. The van der Waals surface area contributed by atoms with Gasteiger partial charge in [-0.2, -0.15) is 17.4 Å². The third kappa shape index (κ3) is 4.34. The largest absolute Gasteiger partial charge is 0.434 e. The number of nitrogens with zero attached hydrogens (tertiary/aromatic N) is 2. The van der Waals surface area contributed by atoms with E-state index in [9.17, 15) is 22.4 Å². The number of nitrogens with one attached hydrogen (secondary N) is 3. The zero-order chi connectivity index (χ0) is 24.0. The number of aromatic amines is 1. The van der Waals surface area contributed by atoms with Crippen molar-refractivity contribution in [1.82, 2.24) is 24.5 Å². The van der Waals surface area contributed by atoms with Gasteiger partial charge in [0, 0.05) is 25.6 Å². The average molecular weight is 482 g/mol. The van der Waals surface area contributed by atoms with Crippen LogP contribution in [-0.2, 0) is 15.0 Å². The lowest BCUT2D eigenvalue weighted by Crippen LogP contribution is -2.50. The minimum atomic E-state index is -4.06. The van der Waals surface area contributed by atoms with Gasteiger partial charge in [-0.1, -0.05) is 13.0 Å². The fourth-order valence-corrected chi connectivity index (χ4v) is 6.29. The standard InChI is InChI=1S/C21H28FN5O5S/c1-12-4-5-15(22)16(13(12)2)14(3)17(18-24-25-20(29)32-18)26-33(30,31)27-10-7-21(8-11-27)6-9-23-19(21)28/h4-5,14,17,26H,6-11H2,1-3H3,(H,23,28)(H,25,29)/t14-,17+/m1/s1. The summed E-state index contributed by atoms with van der Waals surface area (Å²) in [5.41, 5.74) is 1.32. The van der Waals surface area contributed by atoms with Crippen LogP contribution in [0.25, 0.3) is 0 Å². The molecule has 12 heteroatoms. The molecule has 2 saturated heterocycles. The molecule has 2 atom stereocenters. The molecule has 0 saturated carbocycles. The second-order valence-electron chi connectivity index (χ2n) is 8.93. The van der Waals surface area contributed by atoms with Crippen molar-refractivity contribution in [3.8, 4) is 0 Å². The number of aromatic nitrogens is 2. The Labute approximate surface area is 191 Å². The molecular weight excluding hydrogens is 453 g/mol. The van der Waals surface area contributed by atoms with Crippen LogP contribution in [0, 0.1) is 25.1 Å². The summed E-state index contributed by atoms with van der Waals surface area (Å²) >= 11 is 0. The van der Waals surface area contributed by atoms with Gasteiger partial charge in [0.1, 0.15) is 11.9 Å². The number of piperidine rings is 1. The molecule has 0 radical (unpaired) electrons. The van der Waals surface area contributed by atoms with Gasteiger partial charge in [-0.3, -0.25) is 4.79 Å². The molecule has 3 heterocycles. The second-order valence-corrected chi connectivity index (χ2v) is 10.6. The molecule has 4 rings (SSSR count). The smallest absolute Gasteiger partial charge is 0.391 e. The molecule has 1 amide bonds. The van der Waals surface area contributed by atoms with Crippen molar-refractivity contribution >= 4 is 16.1 Å². The van der Waals surface area contributed by atoms with Gasteiger partial charge < -0.3 is 9.73 Å². The van der Waals surface area contributed by atoms with Crippen molar-refractivity contribution in [3.05, 3.63) is 51.1 Å². The van der Waals surface area contributed by atoms with Gasteiger partial charge in [0.25, 0.3) is 10.2 Å². The minimum Gasteiger partial charge on any atom is -0.391 e. The SMILES string of the molecule is Cc1ccc(F)c([C@@H](C)[C@H](NS(=O)(=O)N2CCC3(CCNC3=O)CC2)c2n[nH]c(=O)o2)c1C. The maximum atomic E-state index is 14.8. The zero-order valence-corrected chi connectivity index (χ0v) is 19.6. The summed E-state index contributed by atoms with van der Waals surface area (Å²) in [6, 6.07) is 1.85. The van der Waals surface area contributed by atoms with E-state index in [2.05, 4.69) is 20.2 Å². The fourth-order valence-electron chi connectivity index (χ4n) is 4.85. The third-order valence-electron chi connectivity index (χ3n) is 7.07. The van der Waals surface area contributed by atoms with E-state index < -0.39 is 39.2 Å². The number of hydrogen-bond acceptors (Lipinski definition) is 6. The van der Waals surface area contributed by atoms with Crippen LogP contribution >= 0.6 is 0 Å². The highest BCUT2D eigenvalue weighted by atomic mass is 32.2. The number of aryl methyl sites for hydroxylation is 1. The van der Waals surface area contributed by atoms with Gasteiger partial charge in [-0.05, 0) is 55.9 Å². The van der Waals surface area contributed by atoms with Crippen LogP contribution in [0.3, 0.4) is 0 Å². The van der Waals surface area contributed by atoms with Gasteiger partial charge in [-0.25, -0.2) is 14.3 Å². The molecule has 3 N–H and O–H groups in total. The molecule has 180 valence electrons. The molecular formula is C21H28FN5O5S. The van der Waals surface area contributed by atoms with Gasteiger partial charge in [0.15, 0.2) is 0 Å². The van der Waals surface area contributed by atoms with E-state index in [1.165, 1.54) is 10.4 Å². The predicted molar refractivity (Wildman–Crippen MR) is 117 cm³/mol. The molecule has 2 fully saturated rings. The highest BCUT2D eigenvalue weighted by Crippen LogP contribution is 2.39. The summed E-state index contributed by atoms with van der Waals surface area (Å²) in [4.78, 5) is 23.8. The number of halogens is 1. The van der Waals surface area contributed by atoms with Gasteiger partial charge in [0.05, 0.1) is 5.41 Å². The highest BCUT2D eigenvalue weighted by molar-refractivity contribution is 7.87. The van der Waals surface area contributed by atoms with Crippen molar-refractivity contribution in [2.45, 2.75) is 52.0 Å². The van der Waals surface area contributed by atoms with Crippen LogP contribution in [0.2, 0.25) is 0 Å². The Bertz CT molecular complexity index is 1220. The quantitative estimate of drug-likeness (QED) is 0.570. The van der Waals surface area contributed by atoms with Crippen LogP contribution in [0.1, 0.15) is 60.7 Å². The normalized spacial score (nSPS) is 20.7. The van der Waals surface area contributed by atoms with Crippen molar-refractivity contribution < 1.29 is 22.0 Å². The lowest BCUT2D eigenvalue weighted by Gasteiger charge is -2.37. The molecule has 1 spiro atoms. The van der Waals surface area contributed by atoms with Gasteiger partial charge >= 0.3 is 5.76 Å². The molecule has 2 aliphatic rings. The highest BCUT2D eigenvalue weighted by Gasteiger charge is 2.46. The van der Waals surface area contributed by atoms with Crippen LogP contribution in [0.15, 0.2) is 21.3 Å². The van der Waals surface area contributed by atoms with E-state index in [4.69, 9.17) is 4.42 Å². The molecule has 10 nitrogen and oxygen atoms in total. The average Bonchev–Trinajstić information content (AvgIpc) is 3.35. The van der Waals surface area contributed by atoms with Gasteiger partial charge in [-0.15, -0.1) is 5.10 Å².